The topological polar surface area (TPSA) is 4.93 Å². The molecule has 1 rings (SSSR count). The third-order valence-corrected chi connectivity index (χ3v) is 2.86. The number of nitrogens with zero attached hydrogens (tertiary/aromatic N) is 1. The van der Waals surface area contributed by atoms with Gasteiger partial charge in [-0.05, 0) is 26.0 Å². The largest absolute Gasteiger partial charge is 0.344 e. The van der Waals surface area contributed by atoms with Crippen molar-refractivity contribution in [3.8, 4) is 0 Å². The van der Waals surface area contributed by atoms with E-state index in [1.165, 1.54) is 15.8 Å². The Hall–Kier alpha value is -2.02. The summed E-state index contributed by atoms with van der Waals surface area (Å²) in [6.07, 6.45) is 16.0. The molecule has 1 aromatic heterocycles. The number of hydrogen-bond acceptors (Lipinski definition) is 0. The van der Waals surface area contributed by atoms with Gasteiger partial charge >= 0.3 is 0 Å². The van der Waals surface area contributed by atoms with Crippen molar-refractivity contribution < 1.29 is 0 Å². The predicted octanol–water partition coefficient (Wildman–Crippen LogP) is 1.12. The molecule has 0 bridgehead atoms. The number of rotatable bonds is 3. The maximum absolute atomic E-state index is 3.80. The van der Waals surface area contributed by atoms with E-state index < -0.39 is 0 Å². The lowest BCUT2D eigenvalue weighted by atomic mass is 10.2. The second-order valence-electron chi connectivity index (χ2n) is 3.94. The first-order valence-electron chi connectivity index (χ1n) is 6.10. The summed E-state index contributed by atoms with van der Waals surface area (Å²) in [5.41, 5.74) is 0. The number of allylic oxidation sites excluding steroid dienone is 4. The Morgan fingerprint density at radius 3 is 2.00 bits per heavy atom. The summed E-state index contributed by atoms with van der Waals surface area (Å²) in [7, 11) is 2.07. The smallest absolute Gasteiger partial charge is 0.0488 e. The minimum absolute atomic E-state index is 1.16. The van der Waals surface area contributed by atoms with E-state index in [1.54, 1.807) is 0 Å². The van der Waals surface area contributed by atoms with E-state index in [2.05, 4.69) is 43.8 Å². The van der Waals surface area contributed by atoms with Gasteiger partial charge in [0.1, 0.15) is 0 Å². The normalized spacial score (nSPS) is 15.9. The summed E-state index contributed by atoms with van der Waals surface area (Å²) < 4.78 is 2.17. The SMILES string of the molecule is C=C/C=c1/c(=C/C)/c(=C\C=C)n(C)/c1=C/C=C\C. The number of hydrogen-bond donors (Lipinski definition) is 0. The summed E-state index contributed by atoms with van der Waals surface area (Å²) in [4.78, 5) is 0. The summed E-state index contributed by atoms with van der Waals surface area (Å²) in [5.74, 6) is 0. The Bertz CT molecular complexity index is 694. The van der Waals surface area contributed by atoms with Gasteiger partial charge in [0, 0.05) is 28.2 Å². The zero-order valence-electron chi connectivity index (χ0n) is 11.5. The third-order valence-electron chi connectivity index (χ3n) is 2.86. The van der Waals surface area contributed by atoms with Crippen molar-refractivity contribution in [3.05, 3.63) is 58.6 Å². The van der Waals surface area contributed by atoms with E-state index in [9.17, 15) is 0 Å². The molecule has 0 N–H and O–H groups in total. The fourth-order valence-corrected chi connectivity index (χ4v) is 2.07. The molecule has 0 saturated carbocycles. The highest BCUT2D eigenvalue weighted by atomic mass is 14.9. The van der Waals surface area contributed by atoms with Crippen molar-refractivity contribution in [1.29, 1.82) is 0 Å². The molecule has 0 unspecified atom stereocenters. The molecule has 1 heteroatoms. The first-order valence-corrected chi connectivity index (χ1v) is 6.10. The van der Waals surface area contributed by atoms with Crippen molar-refractivity contribution in [2.45, 2.75) is 13.8 Å². The molecule has 0 spiro atoms. The van der Waals surface area contributed by atoms with Crippen LogP contribution < -0.4 is 21.1 Å². The summed E-state index contributed by atoms with van der Waals surface area (Å²) >= 11 is 0. The lowest BCUT2D eigenvalue weighted by Gasteiger charge is -1.91. The highest BCUT2D eigenvalue weighted by Crippen LogP contribution is 1.72. The van der Waals surface area contributed by atoms with E-state index in [1.807, 2.05) is 43.4 Å². The zero-order valence-corrected chi connectivity index (χ0v) is 11.5. The molecule has 0 aromatic carbocycles. The monoisotopic (exact) mass is 239 g/mol. The highest BCUT2D eigenvalue weighted by Gasteiger charge is 1.97. The summed E-state index contributed by atoms with van der Waals surface area (Å²) in [5, 5.41) is 4.75. The van der Waals surface area contributed by atoms with Gasteiger partial charge in [-0.1, -0.05) is 49.6 Å². The molecule has 0 atom stereocenters. The minimum atomic E-state index is 1.16. The Morgan fingerprint density at radius 2 is 1.50 bits per heavy atom. The molecular formula is C17H21N. The van der Waals surface area contributed by atoms with Crippen LogP contribution in [-0.2, 0) is 7.05 Å². The molecule has 0 fully saturated rings. The molecule has 0 saturated heterocycles. The lowest BCUT2D eigenvalue weighted by Crippen LogP contribution is -2.36. The molecule has 0 aliphatic carbocycles. The van der Waals surface area contributed by atoms with E-state index in [4.69, 9.17) is 0 Å². The van der Waals surface area contributed by atoms with E-state index >= 15 is 0 Å². The second-order valence-corrected chi connectivity index (χ2v) is 3.94. The van der Waals surface area contributed by atoms with Crippen LogP contribution in [0.1, 0.15) is 13.8 Å². The van der Waals surface area contributed by atoms with E-state index in [0.29, 0.717) is 0 Å². The zero-order chi connectivity index (χ0) is 13.5. The van der Waals surface area contributed by atoms with Crippen LogP contribution in [0.15, 0.2) is 37.5 Å². The fourth-order valence-electron chi connectivity index (χ4n) is 2.07. The molecule has 0 radical (unpaired) electrons. The van der Waals surface area contributed by atoms with Gasteiger partial charge in [-0.3, -0.25) is 0 Å². The number of aromatic nitrogens is 1. The van der Waals surface area contributed by atoms with Gasteiger partial charge in [0.15, 0.2) is 0 Å². The van der Waals surface area contributed by atoms with Gasteiger partial charge < -0.3 is 4.57 Å². The Balaban J connectivity index is 4.09. The fraction of sp³-hybridized carbons (Fsp3) is 0.176. The second kappa shape index (κ2) is 6.65. The maximum atomic E-state index is 3.80. The van der Waals surface area contributed by atoms with Crippen molar-refractivity contribution in [2.75, 3.05) is 0 Å². The van der Waals surface area contributed by atoms with Crippen LogP contribution >= 0.6 is 0 Å². The molecule has 1 aromatic rings. The molecule has 0 aliphatic rings. The van der Waals surface area contributed by atoms with Gasteiger partial charge in [-0.2, -0.15) is 0 Å². The molecule has 18 heavy (non-hydrogen) atoms. The van der Waals surface area contributed by atoms with Crippen molar-refractivity contribution in [3.63, 3.8) is 0 Å². The quantitative estimate of drug-likeness (QED) is 0.745. The Morgan fingerprint density at radius 1 is 0.889 bits per heavy atom. The van der Waals surface area contributed by atoms with Crippen LogP contribution in [0, 0.1) is 0 Å². The molecule has 1 heterocycles. The van der Waals surface area contributed by atoms with Crippen LogP contribution in [0.25, 0.3) is 24.3 Å². The molecule has 94 valence electrons. The summed E-state index contributed by atoms with van der Waals surface area (Å²) in [6.45, 7) is 11.6. The van der Waals surface area contributed by atoms with E-state index in [-0.39, 0.29) is 0 Å². The third kappa shape index (κ3) is 2.62. The van der Waals surface area contributed by atoms with Crippen LogP contribution in [0.2, 0.25) is 0 Å². The predicted molar refractivity (Wildman–Crippen MR) is 82.7 cm³/mol. The molecule has 0 aliphatic heterocycles. The van der Waals surface area contributed by atoms with Gasteiger partial charge in [0.05, 0.1) is 0 Å². The lowest BCUT2D eigenvalue weighted by molar-refractivity contribution is 0.855. The maximum Gasteiger partial charge on any atom is 0.0488 e. The molecule has 1 nitrogen and oxygen atoms in total. The van der Waals surface area contributed by atoms with Crippen molar-refractivity contribution in [1.82, 2.24) is 4.57 Å². The molecule has 0 amide bonds. The average molecular weight is 239 g/mol. The first-order chi connectivity index (χ1) is 8.71. The average Bonchev–Trinajstić information content (AvgIpc) is 2.61. The van der Waals surface area contributed by atoms with Crippen molar-refractivity contribution in [2.24, 2.45) is 7.05 Å². The van der Waals surface area contributed by atoms with Crippen LogP contribution in [0.5, 0.6) is 0 Å². The van der Waals surface area contributed by atoms with Gasteiger partial charge in [-0.15, -0.1) is 0 Å². The van der Waals surface area contributed by atoms with E-state index in [0.717, 1.165) is 5.35 Å². The van der Waals surface area contributed by atoms with Gasteiger partial charge in [0.2, 0.25) is 0 Å². The molecular weight excluding hydrogens is 218 g/mol. The summed E-state index contributed by atoms with van der Waals surface area (Å²) in [6, 6.07) is 0. The highest BCUT2D eigenvalue weighted by molar-refractivity contribution is 5.46. The van der Waals surface area contributed by atoms with Crippen LogP contribution in [-0.4, -0.2) is 4.57 Å². The van der Waals surface area contributed by atoms with Crippen molar-refractivity contribution >= 4 is 24.3 Å². The Kier molecular flexibility index (Phi) is 5.19. The van der Waals surface area contributed by atoms with Gasteiger partial charge in [0.25, 0.3) is 0 Å². The van der Waals surface area contributed by atoms with Crippen LogP contribution in [0.3, 0.4) is 0 Å². The Labute approximate surface area is 109 Å². The van der Waals surface area contributed by atoms with Crippen LogP contribution in [0.4, 0.5) is 0 Å². The van der Waals surface area contributed by atoms with Gasteiger partial charge in [-0.25, -0.2) is 0 Å². The minimum Gasteiger partial charge on any atom is -0.344 e. The first kappa shape index (κ1) is 14.0. The standard InChI is InChI=1S/C17H21N/c1-6-10-13-17-15(11-7-2)14(9-4)16(12-8-3)18(17)5/h6-13H,2-3H2,1,4-5H3/b10-6-,14-9-,15-11-,16-12+,17-13+.